The molecule has 1 aromatic rings. The molecule has 1 N–H and O–H groups in total. The van der Waals surface area contributed by atoms with Crippen LogP contribution in [-0.2, 0) is 6.54 Å². The summed E-state index contributed by atoms with van der Waals surface area (Å²) in [7, 11) is 0. The van der Waals surface area contributed by atoms with Crippen LogP contribution in [-0.4, -0.2) is 31.1 Å². The zero-order valence-corrected chi connectivity index (χ0v) is 10.2. The number of likely N-dealkylation sites (tertiary alicyclic amines) is 1. The van der Waals surface area contributed by atoms with Gasteiger partial charge >= 0.3 is 0 Å². The molecule has 3 heteroatoms. The van der Waals surface area contributed by atoms with E-state index >= 15 is 0 Å². The van der Waals surface area contributed by atoms with Crippen molar-refractivity contribution in [3.05, 3.63) is 35.1 Å². The molecule has 0 amide bonds. The van der Waals surface area contributed by atoms with Crippen molar-refractivity contribution in [1.29, 1.82) is 0 Å². The number of nitrogens with zero attached hydrogens (tertiary/aromatic N) is 1. The van der Waals surface area contributed by atoms with Crippen LogP contribution in [0.5, 0.6) is 0 Å². The molecule has 2 aliphatic heterocycles. The third kappa shape index (κ3) is 2.22. The summed E-state index contributed by atoms with van der Waals surface area (Å²) in [5.74, 6) is 1.54. The van der Waals surface area contributed by atoms with Crippen molar-refractivity contribution in [3.63, 3.8) is 0 Å². The maximum atomic E-state index is 13.5. The van der Waals surface area contributed by atoms with Crippen molar-refractivity contribution in [2.45, 2.75) is 13.5 Å². The van der Waals surface area contributed by atoms with Crippen molar-refractivity contribution >= 4 is 0 Å². The predicted molar refractivity (Wildman–Crippen MR) is 66.3 cm³/mol. The highest BCUT2D eigenvalue weighted by atomic mass is 19.1. The van der Waals surface area contributed by atoms with Crippen molar-refractivity contribution in [3.8, 4) is 0 Å². The number of hydrogen-bond donors (Lipinski definition) is 1. The smallest absolute Gasteiger partial charge is 0.126 e. The zero-order chi connectivity index (χ0) is 11.8. The van der Waals surface area contributed by atoms with Gasteiger partial charge < -0.3 is 5.32 Å². The Labute approximate surface area is 102 Å². The Balaban J connectivity index is 1.65. The van der Waals surface area contributed by atoms with Gasteiger partial charge in [0, 0.05) is 19.6 Å². The van der Waals surface area contributed by atoms with Crippen LogP contribution < -0.4 is 5.32 Å². The Morgan fingerprint density at radius 2 is 2.00 bits per heavy atom. The molecule has 2 heterocycles. The van der Waals surface area contributed by atoms with Gasteiger partial charge in [-0.05, 0) is 49.0 Å². The summed E-state index contributed by atoms with van der Waals surface area (Å²) in [6.07, 6.45) is 0. The molecule has 17 heavy (non-hydrogen) atoms. The van der Waals surface area contributed by atoms with Crippen molar-refractivity contribution < 1.29 is 4.39 Å². The lowest BCUT2D eigenvalue weighted by Gasteiger charge is -2.17. The van der Waals surface area contributed by atoms with Crippen LogP contribution in [0.3, 0.4) is 0 Å². The van der Waals surface area contributed by atoms with Gasteiger partial charge in [-0.15, -0.1) is 0 Å². The van der Waals surface area contributed by atoms with E-state index in [9.17, 15) is 4.39 Å². The van der Waals surface area contributed by atoms with Crippen molar-refractivity contribution in [1.82, 2.24) is 10.2 Å². The maximum absolute atomic E-state index is 13.5. The van der Waals surface area contributed by atoms with E-state index in [1.807, 2.05) is 19.1 Å². The lowest BCUT2D eigenvalue weighted by molar-refractivity contribution is 0.305. The Kier molecular flexibility index (Phi) is 2.89. The fraction of sp³-hybridized carbons (Fsp3) is 0.571. The summed E-state index contributed by atoms with van der Waals surface area (Å²) in [4.78, 5) is 2.46. The van der Waals surface area contributed by atoms with Crippen LogP contribution in [0.25, 0.3) is 0 Å². The molecule has 0 aliphatic carbocycles. The zero-order valence-electron chi connectivity index (χ0n) is 10.2. The fourth-order valence-corrected chi connectivity index (χ4v) is 3.07. The summed E-state index contributed by atoms with van der Waals surface area (Å²) >= 11 is 0. The topological polar surface area (TPSA) is 15.3 Å². The van der Waals surface area contributed by atoms with E-state index in [1.165, 1.54) is 0 Å². The van der Waals surface area contributed by atoms with Gasteiger partial charge in [0.05, 0.1) is 0 Å². The van der Waals surface area contributed by atoms with E-state index in [0.29, 0.717) is 0 Å². The first-order valence-corrected chi connectivity index (χ1v) is 6.40. The second-order valence-corrected chi connectivity index (χ2v) is 5.46. The minimum Gasteiger partial charge on any atom is -0.316 e. The largest absolute Gasteiger partial charge is 0.316 e. The highest BCUT2D eigenvalue weighted by molar-refractivity contribution is 5.23. The third-order valence-electron chi connectivity index (χ3n) is 4.11. The summed E-state index contributed by atoms with van der Waals surface area (Å²) < 4.78 is 13.5. The second kappa shape index (κ2) is 4.39. The molecule has 0 spiro atoms. The van der Waals surface area contributed by atoms with E-state index in [2.05, 4.69) is 10.2 Å². The lowest BCUT2D eigenvalue weighted by Crippen LogP contribution is -2.25. The molecule has 92 valence electrons. The SMILES string of the molecule is Cc1ccc(CN2C[C@H]3CNC[C@H]3C2)cc1F. The summed E-state index contributed by atoms with van der Waals surface area (Å²) in [6, 6.07) is 5.61. The van der Waals surface area contributed by atoms with Crippen molar-refractivity contribution in [2.24, 2.45) is 11.8 Å². The van der Waals surface area contributed by atoms with Crippen LogP contribution in [0.1, 0.15) is 11.1 Å². The fourth-order valence-electron chi connectivity index (χ4n) is 3.07. The average molecular weight is 234 g/mol. The Morgan fingerprint density at radius 1 is 1.29 bits per heavy atom. The highest BCUT2D eigenvalue weighted by Gasteiger charge is 2.35. The first kappa shape index (κ1) is 11.2. The van der Waals surface area contributed by atoms with E-state index in [0.717, 1.165) is 55.7 Å². The van der Waals surface area contributed by atoms with Gasteiger partial charge in [0.2, 0.25) is 0 Å². The average Bonchev–Trinajstić information content (AvgIpc) is 2.84. The van der Waals surface area contributed by atoms with Crippen LogP contribution in [0.4, 0.5) is 4.39 Å². The van der Waals surface area contributed by atoms with Gasteiger partial charge in [-0.3, -0.25) is 4.90 Å². The maximum Gasteiger partial charge on any atom is 0.126 e. The first-order valence-electron chi connectivity index (χ1n) is 6.40. The number of hydrogen-bond acceptors (Lipinski definition) is 2. The van der Waals surface area contributed by atoms with Gasteiger partial charge in [-0.2, -0.15) is 0 Å². The molecule has 3 rings (SSSR count). The number of halogens is 1. The van der Waals surface area contributed by atoms with E-state index in [1.54, 1.807) is 6.07 Å². The van der Waals surface area contributed by atoms with Crippen LogP contribution >= 0.6 is 0 Å². The summed E-state index contributed by atoms with van der Waals surface area (Å²) in [5.41, 5.74) is 1.83. The number of aryl methyl sites for hydroxylation is 1. The molecule has 2 aliphatic rings. The molecule has 0 unspecified atom stereocenters. The van der Waals surface area contributed by atoms with E-state index < -0.39 is 0 Å². The van der Waals surface area contributed by atoms with Gasteiger partial charge in [0.15, 0.2) is 0 Å². The minimum absolute atomic E-state index is 0.0800. The molecule has 2 nitrogen and oxygen atoms in total. The quantitative estimate of drug-likeness (QED) is 0.839. The lowest BCUT2D eigenvalue weighted by atomic mass is 10.0. The molecule has 0 radical (unpaired) electrons. The third-order valence-corrected chi connectivity index (χ3v) is 4.11. The molecule has 0 aromatic heterocycles. The van der Waals surface area contributed by atoms with E-state index in [4.69, 9.17) is 0 Å². The summed E-state index contributed by atoms with van der Waals surface area (Å²) in [6.45, 7) is 7.34. The van der Waals surface area contributed by atoms with Crippen LogP contribution in [0.2, 0.25) is 0 Å². The van der Waals surface area contributed by atoms with Gasteiger partial charge in [0.25, 0.3) is 0 Å². The molecule has 2 saturated heterocycles. The molecule has 2 fully saturated rings. The number of benzene rings is 1. The molecule has 1 aromatic carbocycles. The molecular formula is C14H19FN2. The molecule has 0 saturated carbocycles. The molecular weight excluding hydrogens is 215 g/mol. The number of rotatable bonds is 2. The number of fused-ring (bicyclic) bond motifs is 1. The van der Waals surface area contributed by atoms with Gasteiger partial charge in [-0.1, -0.05) is 12.1 Å². The standard InChI is InChI=1S/C14H19FN2/c1-10-2-3-11(4-14(10)15)7-17-8-12-5-16-6-13(12)9-17/h2-4,12-13,16H,5-9H2,1H3/t12-,13+. The van der Waals surface area contributed by atoms with Crippen molar-refractivity contribution in [2.75, 3.05) is 26.2 Å². The Hall–Kier alpha value is -0.930. The summed E-state index contributed by atoms with van der Waals surface area (Å²) in [5, 5.41) is 3.44. The normalized spacial score (nSPS) is 28.6. The minimum atomic E-state index is -0.0800. The van der Waals surface area contributed by atoms with Crippen LogP contribution in [0, 0.1) is 24.6 Å². The van der Waals surface area contributed by atoms with Crippen LogP contribution in [0.15, 0.2) is 18.2 Å². The number of nitrogens with one attached hydrogen (secondary N) is 1. The van der Waals surface area contributed by atoms with E-state index in [-0.39, 0.29) is 5.82 Å². The van der Waals surface area contributed by atoms with Gasteiger partial charge in [0.1, 0.15) is 5.82 Å². The Morgan fingerprint density at radius 3 is 2.65 bits per heavy atom. The monoisotopic (exact) mass is 234 g/mol. The predicted octanol–water partition coefficient (Wildman–Crippen LogP) is 1.79. The van der Waals surface area contributed by atoms with Gasteiger partial charge in [-0.25, -0.2) is 4.39 Å². The molecule has 2 atom stereocenters. The molecule has 0 bridgehead atoms. The Bertz CT molecular complexity index is 407. The first-order chi connectivity index (χ1) is 8.22. The highest BCUT2D eigenvalue weighted by Crippen LogP contribution is 2.27. The second-order valence-electron chi connectivity index (χ2n) is 5.46.